The molecule has 2 aliphatic heterocycles. The molecule has 0 fully saturated rings. The monoisotopic (exact) mass is 368 g/mol. The summed E-state index contributed by atoms with van der Waals surface area (Å²) in [5.74, 6) is 1.08. The van der Waals surface area contributed by atoms with Crippen molar-refractivity contribution in [2.45, 2.75) is 65.1 Å². The fraction of sp³-hybridized carbons (Fsp3) is 0.455. The van der Waals surface area contributed by atoms with Gasteiger partial charge in [0.05, 0.1) is 10.9 Å². The summed E-state index contributed by atoms with van der Waals surface area (Å²) in [7, 11) is 0. The van der Waals surface area contributed by atoms with Gasteiger partial charge in [-0.1, -0.05) is 26.7 Å². The van der Waals surface area contributed by atoms with Crippen LogP contribution in [-0.4, -0.2) is 18.0 Å². The molecule has 0 aliphatic carbocycles. The van der Waals surface area contributed by atoms with E-state index in [1.165, 1.54) is 6.07 Å². The zero-order valence-corrected chi connectivity index (χ0v) is 16.0. The van der Waals surface area contributed by atoms with E-state index in [-0.39, 0.29) is 24.4 Å². The summed E-state index contributed by atoms with van der Waals surface area (Å²) in [5, 5.41) is 0.738. The quantitative estimate of drug-likeness (QED) is 0.734. The minimum atomic E-state index is -0.448. The van der Waals surface area contributed by atoms with E-state index in [0.29, 0.717) is 29.1 Å². The predicted octanol–water partition coefficient (Wildman–Crippen LogP) is 4.67. The Morgan fingerprint density at radius 1 is 1.11 bits per heavy atom. The van der Waals surface area contributed by atoms with Gasteiger partial charge in [-0.15, -0.1) is 0 Å². The lowest BCUT2D eigenvalue weighted by molar-refractivity contribution is 0.0870. The average Bonchev–Trinajstić information content (AvgIpc) is 2.61. The highest BCUT2D eigenvalue weighted by Crippen LogP contribution is 2.47. The van der Waals surface area contributed by atoms with Gasteiger partial charge in [-0.05, 0) is 37.5 Å². The molecule has 1 aromatic carbocycles. The van der Waals surface area contributed by atoms with E-state index in [4.69, 9.17) is 13.9 Å². The van der Waals surface area contributed by atoms with Gasteiger partial charge in [0.15, 0.2) is 11.4 Å². The summed E-state index contributed by atoms with van der Waals surface area (Å²) in [6.07, 6.45) is 7.49. The van der Waals surface area contributed by atoms with Gasteiger partial charge in [-0.2, -0.15) is 0 Å². The summed E-state index contributed by atoms with van der Waals surface area (Å²) in [5.41, 5.74) is 1.87. The van der Waals surface area contributed by atoms with E-state index in [1.807, 2.05) is 19.1 Å². The molecular formula is C22H24O5. The number of ketones is 1. The Morgan fingerprint density at radius 3 is 2.67 bits per heavy atom. The Balaban J connectivity index is 2.09. The molecule has 0 spiro atoms. The van der Waals surface area contributed by atoms with E-state index in [1.54, 1.807) is 0 Å². The molecule has 3 heterocycles. The number of carbonyl (C=O) groups excluding carboxylic acids is 1. The molecule has 0 radical (unpaired) electrons. The van der Waals surface area contributed by atoms with Crippen molar-refractivity contribution in [1.82, 2.24) is 0 Å². The van der Waals surface area contributed by atoms with Gasteiger partial charge in [-0.3, -0.25) is 4.79 Å². The van der Waals surface area contributed by atoms with Gasteiger partial charge in [0, 0.05) is 12.5 Å². The van der Waals surface area contributed by atoms with Crippen LogP contribution in [0, 0.1) is 0 Å². The van der Waals surface area contributed by atoms with E-state index in [0.717, 1.165) is 35.8 Å². The Hall–Kier alpha value is -2.56. The molecule has 5 nitrogen and oxygen atoms in total. The molecule has 2 unspecified atom stereocenters. The summed E-state index contributed by atoms with van der Waals surface area (Å²) in [6.45, 7) is 6.04. The molecule has 0 amide bonds. The Morgan fingerprint density at radius 2 is 1.93 bits per heavy atom. The molecule has 2 atom stereocenters. The standard InChI is InChI=1S/C22H24O5/c1-4-6-13-11-17(24)27-22-18(13)20-15(9-8-14(26-20)7-5-2)21-19(22)16(23)10-12(3)25-21/h8-9,11-12,14H,4-7,10H2,1-3H3. The smallest absolute Gasteiger partial charge is 0.336 e. The van der Waals surface area contributed by atoms with E-state index >= 15 is 0 Å². The minimum Gasteiger partial charge on any atom is -0.489 e. The minimum absolute atomic E-state index is 0.0399. The third-order valence-corrected chi connectivity index (χ3v) is 5.12. The van der Waals surface area contributed by atoms with Gasteiger partial charge in [0.25, 0.3) is 0 Å². The van der Waals surface area contributed by atoms with Crippen molar-refractivity contribution >= 4 is 22.8 Å². The zero-order valence-electron chi connectivity index (χ0n) is 16.0. The third kappa shape index (κ3) is 2.95. The summed E-state index contributed by atoms with van der Waals surface area (Å²) in [4.78, 5) is 25.0. The van der Waals surface area contributed by atoms with Gasteiger partial charge in [0.2, 0.25) is 0 Å². The molecule has 27 heavy (non-hydrogen) atoms. The average molecular weight is 368 g/mol. The largest absolute Gasteiger partial charge is 0.489 e. The molecule has 2 aliphatic rings. The van der Waals surface area contributed by atoms with Crippen molar-refractivity contribution in [3.63, 3.8) is 0 Å². The molecule has 4 rings (SSSR count). The number of benzene rings is 1. The van der Waals surface area contributed by atoms with Crippen LogP contribution in [0.5, 0.6) is 11.5 Å². The summed E-state index contributed by atoms with van der Waals surface area (Å²) >= 11 is 0. The number of aryl methyl sites for hydroxylation is 1. The van der Waals surface area contributed by atoms with Crippen LogP contribution >= 0.6 is 0 Å². The normalized spacial score (nSPS) is 20.8. The maximum Gasteiger partial charge on any atom is 0.336 e. The van der Waals surface area contributed by atoms with Crippen LogP contribution in [0.25, 0.3) is 17.0 Å². The summed E-state index contributed by atoms with van der Waals surface area (Å²) < 4.78 is 17.9. The highest BCUT2D eigenvalue weighted by molar-refractivity contribution is 6.13. The first-order valence-electron chi connectivity index (χ1n) is 9.74. The number of hydrogen-bond acceptors (Lipinski definition) is 5. The molecule has 1 aromatic heterocycles. The SMILES string of the molecule is CCCc1cc(=O)oc2c3c(c4c(c12)OC(CCC)C=C4)OC(C)CC3=O. The second-order valence-corrected chi connectivity index (χ2v) is 7.35. The van der Waals surface area contributed by atoms with Crippen molar-refractivity contribution in [2.75, 3.05) is 0 Å². The zero-order chi connectivity index (χ0) is 19.1. The highest BCUT2D eigenvalue weighted by Gasteiger charge is 2.35. The Kier molecular flexibility index (Phi) is 4.54. The Labute approximate surface area is 158 Å². The van der Waals surface area contributed by atoms with Crippen LogP contribution in [0.1, 0.15) is 67.9 Å². The van der Waals surface area contributed by atoms with E-state index in [9.17, 15) is 9.59 Å². The van der Waals surface area contributed by atoms with Gasteiger partial charge >= 0.3 is 5.63 Å². The highest BCUT2D eigenvalue weighted by atomic mass is 16.5. The number of rotatable bonds is 4. The van der Waals surface area contributed by atoms with Crippen molar-refractivity contribution in [3.8, 4) is 11.5 Å². The number of Topliss-reactive ketones (excluding diaryl/α,β-unsaturated/α-hetero) is 1. The van der Waals surface area contributed by atoms with Crippen LogP contribution < -0.4 is 15.1 Å². The lowest BCUT2D eigenvalue weighted by Gasteiger charge is -2.30. The molecule has 0 bridgehead atoms. The predicted molar refractivity (Wildman–Crippen MR) is 104 cm³/mol. The second-order valence-electron chi connectivity index (χ2n) is 7.35. The maximum atomic E-state index is 12.8. The van der Waals surface area contributed by atoms with Crippen molar-refractivity contribution in [1.29, 1.82) is 0 Å². The number of hydrogen-bond donors (Lipinski definition) is 0. The van der Waals surface area contributed by atoms with Crippen molar-refractivity contribution in [3.05, 3.63) is 39.3 Å². The van der Waals surface area contributed by atoms with Gasteiger partial charge in [0.1, 0.15) is 29.3 Å². The van der Waals surface area contributed by atoms with E-state index < -0.39 is 5.63 Å². The maximum absolute atomic E-state index is 12.8. The number of carbonyl (C=O) groups is 1. The molecule has 142 valence electrons. The molecule has 0 saturated carbocycles. The van der Waals surface area contributed by atoms with Crippen LogP contribution in [0.15, 0.2) is 21.4 Å². The van der Waals surface area contributed by atoms with Crippen molar-refractivity contribution in [2.24, 2.45) is 0 Å². The number of fused-ring (bicyclic) bond motifs is 6. The van der Waals surface area contributed by atoms with E-state index in [2.05, 4.69) is 13.8 Å². The van der Waals surface area contributed by atoms with Crippen LogP contribution in [0.2, 0.25) is 0 Å². The van der Waals surface area contributed by atoms with Gasteiger partial charge < -0.3 is 13.9 Å². The lowest BCUT2D eigenvalue weighted by atomic mass is 9.91. The fourth-order valence-corrected chi connectivity index (χ4v) is 4.00. The van der Waals surface area contributed by atoms with Crippen LogP contribution in [-0.2, 0) is 6.42 Å². The fourth-order valence-electron chi connectivity index (χ4n) is 4.00. The van der Waals surface area contributed by atoms with Crippen LogP contribution in [0.4, 0.5) is 0 Å². The third-order valence-electron chi connectivity index (χ3n) is 5.12. The molecule has 0 saturated heterocycles. The first-order valence-corrected chi connectivity index (χ1v) is 9.74. The van der Waals surface area contributed by atoms with Crippen LogP contribution in [0.3, 0.4) is 0 Å². The summed E-state index contributed by atoms with van der Waals surface area (Å²) in [6, 6.07) is 1.52. The second kappa shape index (κ2) is 6.87. The van der Waals surface area contributed by atoms with Crippen molar-refractivity contribution < 1.29 is 18.7 Å². The first kappa shape index (κ1) is 17.8. The first-order chi connectivity index (χ1) is 13.0. The molecule has 5 heteroatoms. The van der Waals surface area contributed by atoms with Gasteiger partial charge in [-0.25, -0.2) is 4.79 Å². The molecule has 0 N–H and O–H groups in total. The molecule has 2 aromatic rings. The lowest BCUT2D eigenvalue weighted by Crippen LogP contribution is -2.27. The topological polar surface area (TPSA) is 65.7 Å². The number of ether oxygens (including phenoxy) is 2. The molecular weight excluding hydrogens is 344 g/mol. The Bertz CT molecular complexity index is 998.